The Kier molecular flexibility index (Phi) is 4.98. The van der Waals surface area contributed by atoms with Crippen LogP contribution < -0.4 is 5.32 Å². The van der Waals surface area contributed by atoms with Crippen LogP contribution in [0.4, 0.5) is 0 Å². The molecule has 1 heterocycles. The Morgan fingerprint density at radius 2 is 2.30 bits per heavy atom. The minimum absolute atomic E-state index is 0.223. The fourth-order valence-electron chi connectivity index (χ4n) is 1.68. The quantitative estimate of drug-likeness (QED) is 0.559. The molecule has 1 fully saturated rings. The molecule has 2 rings (SSSR count). The van der Waals surface area contributed by atoms with E-state index in [9.17, 15) is 4.79 Å². The van der Waals surface area contributed by atoms with Gasteiger partial charge in [0.15, 0.2) is 0 Å². The number of ether oxygens (including phenoxy) is 1. The molecule has 0 saturated heterocycles. The van der Waals surface area contributed by atoms with E-state index in [-0.39, 0.29) is 5.97 Å². The lowest BCUT2D eigenvalue weighted by molar-refractivity contribution is -0.149. The highest BCUT2D eigenvalue weighted by Crippen LogP contribution is 2.27. The van der Waals surface area contributed by atoms with Crippen LogP contribution in [0.15, 0.2) is 5.16 Å². The highest BCUT2D eigenvalue weighted by Gasteiger charge is 2.29. The minimum atomic E-state index is -0.553. The highest BCUT2D eigenvalue weighted by molar-refractivity contribution is 7.99. The number of hydrogen-bond donors (Lipinski definition) is 1. The molecule has 7 nitrogen and oxygen atoms in total. The van der Waals surface area contributed by atoms with E-state index in [0.29, 0.717) is 11.8 Å². The molecule has 0 bridgehead atoms. The van der Waals surface area contributed by atoms with Crippen LogP contribution in [0.3, 0.4) is 0 Å². The van der Waals surface area contributed by atoms with Crippen LogP contribution in [0.25, 0.3) is 0 Å². The molecule has 1 aromatic rings. The van der Waals surface area contributed by atoms with Gasteiger partial charge in [-0.05, 0) is 37.1 Å². The first-order chi connectivity index (χ1) is 9.53. The molecule has 0 amide bonds. The highest BCUT2D eigenvalue weighted by atomic mass is 32.2. The van der Waals surface area contributed by atoms with E-state index >= 15 is 0 Å². The number of carbonyl (C=O) groups excluding carboxylic acids is 1. The average Bonchev–Trinajstić information content (AvgIpc) is 3.14. The van der Waals surface area contributed by atoms with Gasteiger partial charge in [0, 0.05) is 18.3 Å². The molecule has 1 aromatic heterocycles. The smallest absolute Gasteiger partial charge is 0.312 e. The predicted octanol–water partition coefficient (Wildman–Crippen LogP) is 0.716. The fourth-order valence-corrected chi connectivity index (χ4v) is 2.66. The summed E-state index contributed by atoms with van der Waals surface area (Å²) in [6, 6.07) is 0.681. The Balaban J connectivity index is 1.82. The maximum absolute atomic E-state index is 11.6. The standard InChI is InChI=1S/C12H21N5O2S/c1-12(2,10(18)19-3)8-20-11-14-15-16-17(11)7-6-13-9-4-5-9/h9,13H,4-8H2,1-3H3. The van der Waals surface area contributed by atoms with Gasteiger partial charge < -0.3 is 10.1 Å². The molecule has 20 heavy (non-hydrogen) atoms. The van der Waals surface area contributed by atoms with Crippen LogP contribution in [0.5, 0.6) is 0 Å². The normalized spacial score (nSPS) is 15.3. The molecular formula is C12H21N5O2S. The number of esters is 1. The molecular weight excluding hydrogens is 278 g/mol. The van der Waals surface area contributed by atoms with Gasteiger partial charge in [-0.15, -0.1) is 5.10 Å². The van der Waals surface area contributed by atoms with Gasteiger partial charge in [0.05, 0.1) is 19.1 Å². The third kappa shape index (κ3) is 4.17. The van der Waals surface area contributed by atoms with Crippen molar-refractivity contribution in [3.63, 3.8) is 0 Å². The van der Waals surface area contributed by atoms with Gasteiger partial charge in [-0.25, -0.2) is 4.68 Å². The molecule has 1 aliphatic rings. The largest absolute Gasteiger partial charge is 0.469 e. The average molecular weight is 299 g/mol. The van der Waals surface area contributed by atoms with Crippen LogP contribution in [0.2, 0.25) is 0 Å². The SMILES string of the molecule is COC(=O)C(C)(C)CSc1nnnn1CCNC1CC1. The number of aromatic nitrogens is 4. The first-order valence-corrected chi connectivity index (χ1v) is 7.72. The summed E-state index contributed by atoms with van der Waals surface area (Å²) < 4.78 is 6.56. The van der Waals surface area contributed by atoms with Gasteiger partial charge in [-0.1, -0.05) is 11.8 Å². The van der Waals surface area contributed by atoms with E-state index in [4.69, 9.17) is 4.74 Å². The van der Waals surface area contributed by atoms with E-state index in [2.05, 4.69) is 20.8 Å². The number of nitrogens with zero attached hydrogens (tertiary/aromatic N) is 4. The second kappa shape index (κ2) is 6.53. The predicted molar refractivity (Wildman–Crippen MR) is 75.4 cm³/mol. The lowest BCUT2D eigenvalue weighted by Crippen LogP contribution is -2.28. The lowest BCUT2D eigenvalue weighted by atomic mass is 9.97. The van der Waals surface area contributed by atoms with E-state index in [0.717, 1.165) is 18.2 Å². The molecule has 112 valence electrons. The fraction of sp³-hybridized carbons (Fsp3) is 0.833. The molecule has 0 unspecified atom stereocenters. The van der Waals surface area contributed by atoms with Crippen LogP contribution in [0.1, 0.15) is 26.7 Å². The van der Waals surface area contributed by atoms with Crippen molar-refractivity contribution < 1.29 is 9.53 Å². The molecule has 1 aliphatic carbocycles. The van der Waals surface area contributed by atoms with E-state index in [1.54, 1.807) is 4.68 Å². The topological polar surface area (TPSA) is 81.9 Å². The Morgan fingerprint density at radius 1 is 1.55 bits per heavy atom. The zero-order valence-corrected chi connectivity index (χ0v) is 12.9. The van der Waals surface area contributed by atoms with E-state index < -0.39 is 5.41 Å². The minimum Gasteiger partial charge on any atom is -0.469 e. The number of rotatable bonds is 8. The maximum Gasteiger partial charge on any atom is 0.312 e. The molecule has 0 spiro atoms. The Bertz CT molecular complexity index is 458. The zero-order valence-electron chi connectivity index (χ0n) is 12.1. The number of carbonyl (C=O) groups is 1. The van der Waals surface area contributed by atoms with Crippen molar-refractivity contribution in [2.75, 3.05) is 19.4 Å². The Hall–Kier alpha value is -1.15. The zero-order chi connectivity index (χ0) is 14.6. The number of hydrogen-bond acceptors (Lipinski definition) is 7. The molecule has 0 aromatic carbocycles. The Labute approximate surface area is 122 Å². The second-order valence-corrected chi connectivity index (χ2v) is 6.52. The molecule has 0 radical (unpaired) electrons. The molecule has 0 atom stereocenters. The van der Waals surface area contributed by atoms with Crippen molar-refractivity contribution in [3.05, 3.63) is 0 Å². The summed E-state index contributed by atoms with van der Waals surface area (Å²) >= 11 is 1.48. The van der Waals surface area contributed by atoms with Crippen LogP contribution >= 0.6 is 11.8 Å². The summed E-state index contributed by atoms with van der Waals surface area (Å²) in [4.78, 5) is 11.6. The Morgan fingerprint density at radius 3 is 2.95 bits per heavy atom. The van der Waals surface area contributed by atoms with Crippen molar-refractivity contribution in [3.8, 4) is 0 Å². The summed E-state index contributed by atoms with van der Waals surface area (Å²) in [6.07, 6.45) is 2.54. The van der Waals surface area contributed by atoms with Gasteiger partial charge in [-0.3, -0.25) is 4.79 Å². The number of thioether (sulfide) groups is 1. The van der Waals surface area contributed by atoms with E-state index in [1.165, 1.54) is 31.7 Å². The summed E-state index contributed by atoms with van der Waals surface area (Å²) in [5.41, 5.74) is -0.553. The molecule has 1 N–H and O–H groups in total. The monoisotopic (exact) mass is 299 g/mol. The third-order valence-electron chi connectivity index (χ3n) is 3.13. The van der Waals surface area contributed by atoms with Crippen molar-refractivity contribution in [2.45, 2.75) is 44.4 Å². The summed E-state index contributed by atoms with van der Waals surface area (Å²) in [5, 5.41) is 15.8. The third-order valence-corrected chi connectivity index (χ3v) is 4.55. The summed E-state index contributed by atoms with van der Waals surface area (Å²) in [7, 11) is 1.41. The first kappa shape index (κ1) is 15.2. The molecule has 8 heteroatoms. The van der Waals surface area contributed by atoms with Gasteiger partial charge in [-0.2, -0.15) is 0 Å². The van der Waals surface area contributed by atoms with Crippen LogP contribution in [-0.2, 0) is 16.1 Å². The van der Waals surface area contributed by atoms with Gasteiger partial charge >= 0.3 is 5.97 Å². The van der Waals surface area contributed by atoms with Crippen molar-refractivity contribution in [2.24, 2.45) is 5.41 Å². The number of methoxy groups -OCH3 is 1. The van der Waals surface area contributed by atoms with Crippen LogP contribution in [-0.4, -0.2) is 51.6 Å². The lowest BCUT2D eigenvalue weighted by Gasteiger charge is -2.20. The van der Waals surface area contributed by atoms with Gasteiger partial charge in [0.2, 0.25) is 5.16 Å². The molecule has 1 saturated carbocycles. The number of nitrogens with one attached hydrogen (secondary N) is 1. The summed E-state index contributed by atoms with van der Waals surface area (Å²) in [6.45, 7) is 5.32. The van der Waals surface area contributed by atoms with Crippen molar-refractivity contribution in [1.29, 1.82) is 0 Å². The van der Waals surface area contributed by atoms with E-state index in [1.807, 2.05) is 13.8 Å². The van der Waals surface area contributed by atoms with Crippen LogP contribution in [0, 0.1) is 5.41 Å². The summed E-state index contributed by atoms with van der Waals surface area (Å²) in [5.74, 6) is 0.357. The molecule has 0 aliphatic heterocycles. The first-order valence-electron chi connectivity index (χ1n) is 6.74. The van der Waals surface area contributed by atoms with Gasteiger partial charge in [0.25, 0.3) is 0 Å². The van der Waals surface area contributed by atoms with Crippen molar-refractivity contribution in [1.82, 2.24) is 25.5 Å². The number of tetrazole rings is 1. The second-order valence-electron chi connectivity index (χ2n) is 5.58. The maximum atomic E-state index is 11.6. The van der Waals surface area contributed by atoms with Crippen molar-refractivity contribution >= 4 is 17.7 Å². The van der Waals surface area contributed by atoms with Gasteiger partial charge in [0.1, 0.15) is 0 Å².